The van der Waals surface area contributed by atoms with E-state index in [2.05, 4.69) is 9.71 Å². The summed E-state index contributed by atoms with van der Waals surface area (Å²) in [5, 5.41) is 0.499. The first-order valence-corrected chi connectivity index (χ1v) is 9.07. The Labute approximate surface area is 144 Å². The number of carbonyl (C=O) groups is 1. The van der Waals surface area contributed by atoms with Crippen LogP contribution in [0.1, 0.15) is 23.1 Å². The third-order valence-electron chi connectivity index (χ3n) is 3.51. The highest BCUT2D eigenvalue weighted by Crippen LogP contribution is 2.18. The van der Waals surface area contributed by atoms with Crippen LogP contribution in [0.2, 0.25) is 5.02 Å². The first-order valence-electron chi connectivity index (χ1n) is 7.21. The summed E-state index contributed by atoms with van der Waals surface area (Å²) in [5.41, 5.74) is 1.19. The summed E-state index contributed by atoms with van der Waals surface area (Å²) in [6.07, 6.45) is 2.14. The number of benzene rings is 1. The third-order valence-corrected chi connectivity index (χ3v) is 5.08. The summed E-state index contributed by atoms with van der Waals surface area (Å²) in [6, 6.07) is 11.0. The highest BCUT2D eigenvalue weighted by Gasteiger charge is 2.23. The third kappa shape index (κ3) is 3.00. The summed E-state index contributed by atoms with van der Waals surface area (Å²) >= 11 is 5.98. The topological polar surface area (TPSA) is 80.5 Å². The molecule has 3 aromatic rings. The maximum Gasteiger partial charge on any atom is 0.285 e. The first-order chi connectivity index (χ1) is 11.4. The lowest BCUT2D eigenvalue weighted by molar-refractivity contribution is 0.0976. The summed E-state index contributed by atoms with van der Waals surface area (Å²) in [4.78, 5) is 16.7. The van der Waals surface area contributed by atoms with Gasteiger partial charge in [0.1, 0.15) is 5.65 Å². The van der Waals surface area contributed by atoms with Gasteiger partial charge < -0.3 is 4.40 Å². The van der Waals surface area contributed by atoms with E-state index in [0.717, 1.165) is 0 Å². The number of pyridine rings is 1. The molecule has 0 aliphatic heterocycles. The molecule has 3 rings (SSSR count). The quantitative estimate of drug-likeness (QED) is 0.772. The van der Waals surface area contributed by atoms with Gasteiger partial charge in [0.15, 0.2) is 5.69 Å². The van der Waals surface area contributed by atoms with Crippen LogP contribution in [-0.4, -0.2) is 23.7 Å². The number of hydrogen-bond donors (Lipinski definition) is 1. The van der Waals surface area contributed by atoms with Crippen LogP contribution < -0.4 is 4.72 Å². The van der Waals surface area contributed by atoms with Crippen molar-refractivity contribution in [2.45, 2.75) is 18.2 Å². The van der Waals surface area contributed by atoms with Crippen LogP contribution in [0.25, 0.3) is 5.65 Å². The molecule has 0 aliphatic rings. The fourth-order valence-corrected chi connectivity index (χ4v) is 3.55. The number of hydrogen-bond acceptors (Lipinski definition) is 4. The van der Waals surface area contributed by atoms with Crippen molar-refractivity contribution in [3.8, 4) is 0 Å². The van der Waals surface area contributed by atoms with E-state index >= 15 is 0 Å². The molecule has 24 heavy (non-hydrogen) atoms. The lowest BCUT2D eigenvalue weighted by atomic mass is 10.2. The zero-order valence-electron chi connectivity index (χ0n) is 12.7. The lowest BCUT2D eigenvalue weighted by Crippen LogP contribution is -2.31. The Morgan fingerprint density at radius 1 is 1.21 bits per heavy atom. The molecule has 124 valence electrons. The Bertz CT molecular complexity index is 1010. The average molecular weight is 364 g/mol. The molecule has 1 amide bonds. The van der Waals surface area contributed by atoms with Crippen LogP contribution >= 0.6 is 11.6 Å². The number of carbonyl (C=O) groups excluding carboxylic acids is 1. The predicted octanol–water partition coefficient (Wildman–Crippen LogP) is 2.67. The molecule has 0 aliphatic carbocycles. The number of sulfonamides is 1. The Hall–Kier alpha value is -2.38. The van der Waals surface area contributed by atoms with E-state index < -0.39 is 15.9 Å². The van der Waals surface area contributed by atoms with Gasteiger partial charge in [-0.3, -0.25) is 4.79 Å². The van der Waals surface area contributed by atoms with Gasteiger partial charge in [-0.05, 0) is 30.7 Å². The summed E-state index contributed by atoms with van der Waals surface area (Å²) in [5.74, 6) is -0.768. The highest BCUT2D eigenvalue weighted by atomic mass is 35.5. The fraction of sp³-hybridized carbons (Fsp3) is 0.125. The van der Waals surface area contributed by atoms with Gasteiger partial charge in [-0.1, -0.05) is 36.7 Å². The molecule has 0 radical (unpaired) electrons. The largest absolute Gasteiger partial charge is 0.302 e. The Balaban J connectivity index is 2.00. The van der Waals surface area contributed by atoms with Gasteiger partial charge in [-0.2, -0.15) is 0 Å². The molecular weight excluding hydrogens is 350 g/mol. The second kappa shape index (κ2) is 6.26. The van der Waals surface area contributed by atoms with E-state index in [1.165, 1.54) is 12.1 Å². The van der Waals surface area contributed by atoms with Crippen LogP contribution in [0.4, 0.5) is 0 Å². The summed E-state index contributed by atoms with van der Waals surface area (Å²) in [6.45, 7) is 1.85. The van der Waals surface area contributed by atoms with E-state index in [1.54, 1.807) is 40.9 Å². The number of rotatable bonds is 4. The van der Waals surface area contributed by atoms with E-state index in [1.807, 2.05) is 6.92 Å². The van der Waals surface area contributed by atoms with Gasteiger partial charge in [-0.15, -0.1) is 0 Å². The summed E-state index contributed by atoms with van der Waals surface area (Å²) < 4.78 is 28.3. The molecule has 0 bridgehead atoms. The van der Waals surface area contributed by atoms with Crippen molar-refractivity contribution >= 4 is 33.2 Å². The molecule has 0 saturated heterocycles. The number of halogens is 1. The van der Waals surface area contributed by atoms with Gasteiger partial charge in [0, 0.05) is 6.20 Å². The average Bonchev–Trinajstić information content (AvgIpc) is 2.93. The van der Waals surface area contributed by atoms with E-state index in [4.69, 9.17) is 11.6 Å². The molecule has 0 atom stereocenters. The van der Waals surface area contributed by atoms with Crippen molar-refractivity contribution in [3.63, 3.8) is 0 Å². The van der Waals surface area contributed by atoms with Crippen LogP contribution in [-0.2, 0) is 16.4 Å². The van der Waals surface area contributed by atoms with Crippen molar-refractivity contribution in [1.29, 1.82) is 0 Å². The zero-order chi connectivity index (χ0) is 17.3. The Morgan fingerprint density at radius 3 is 2.58 bits per heavy atom. The first kappa shape index (κ1) is 16.5. The fourth-order valence-electron chi connectivity index (χ4n) is 2.42. The molecule has 2 heterocycles. The van der Waals surface area contributed by atoms with Crippen LogP contribution in [0, 0.1) is 0 Å². The van der Waals surface area contributed by atoms with Gasteiger partial charge in [0.05, 0.1) is 15.6 Å². The minimum atomic E-state index is -3.95. The zero-order valence-corrected chi connectivity index (χ0v) is 14.3. The minimum absolute atomic E-state index is 0.0169. The van der Waals surface area contributed by atoms with Crippen molar-refractivity contribution < 1.29 is 13.2 Å². The molecule has 1 aromatic carbocycles. The minimum Gasteiger partial charge on any atom is -0.302 e. The van der Waals surface area contributed by atoms with Gasteiger partial charge in [-0.25, -0.2) is 18.1 Å². The number of aromatic nitrogens is 2. The maximum atomic E-state index is 12.5. The van der Waals surface area contributed by atoms with Gasteiger partial charge >= 0.3 is 0 Å². The van der Waals surface area contributed by atoms with Crippen LogP contribution in [0.15, 0.2) is 53.6 Å². The van der Waals surface area contributed by atoms with Gasteiger partial charge in [0.2, 0.25) is 0 Å². The van der Waals surface area contributed by atoms with Crippen molar-refractivity contribution in [2.24, 2.45) is 0 Å². The van der Waals surface area contributed by atoms with Crippen LogP contribution in [0.3, 0.4) is 0 Å². The predicted molar refractivity (Wildman–Crippen MR) is 90.7 cm³/mol. The summed E-state index contributed by atoms with van der Waals surface area (Å²) in [7, 11) is -3.95. The number of amides is 1. The van der Waals surface area contributed by atoms with Crippen molar-refractivity contribution in [1.82, 2.24) is 14.1 Å². The van der Waals surface area contributed by atoms with Crippen molar-refractivity contribution in [2.75, 3.05) is 0 Å². The molecule has 0 spiro atoms. The molecule has 0 saturated carbocycles. The van der Waals surface area contributed by atoms with E-state index in [9.17, 15) is 13.2 Å². The number of nitrogens with zero attached hydrogens (tertiary/aromatic N) is 2. The monoisotopic (exact) mass is 363 g/mol. The molecule has 8 heteroatoms. The molecule has 0 fully saturated rings. The number of aryl methyl sites for hydroxylation is 1. The Kier molecular flexibility index (Phi) is 4.29. The molecular formula is C16H14ClN3O3S. The SMILES string of the molecule is CCc1c(C(=O)NS(=O)(=O)c2ccccc2)nc2ccc(Cl)cn12. The van der Waals surface area contributed by atoms with Crippen LogP contribution in [0.5, 0.6) is 0 Å². The second-order valence-corrected chi connectivity index (χ2v) is 7.20. The Morgan fingerprint density at radius 2 is 1.92 bits per heavy atom. The van der Waals surface area contributed by atoms with E-state index in [-0.39, 0.29) is 10.6 Å². The smallest absolute Gasteiger partial charge is 0.285 e. The van der Waals surface area contributed by atoms with Gasteiger partial charge in [0.25, 0.3) is 15.9 Å². The standard InChI is InChI=1S/C16H14ClN3O3S/c1-2-13-15(18-14-9-8-11(17)10-20(13)14)16(21)19-24(22,23)12-6-4-3-5-7-12/h3-10H,2H2,1H3,(H,19,21). The van der Waals surface area contributed by atoms with E-state index in [0.29, 0.717) is 22.8 Å². The lowest BCUT2D eigenvalue weighted by Gasteiger charge is -2.06. The number of imidazole rings is 1. The normalized spacial score (nSPS) is 11.6. The molecule has 1 N–H and O–H groups in total. The highest BCUT2D eigenvalue weighted by molar-refractivity contribution is 7.90. The maximum absolute atomic E-state index is 12.5. The second-order valence-electron chi connectivity index (χ2n) is 5.08. The van der Waals surface area contributed by atoms with Crippen molar-refractivity contribution in [3.05, 3.63) is 65.1 Å². The number of nitrogens with one attached hydrogen (secondary N) is 1. The molecule has 6 nitrogen and oxygen atoms in total. The molecule has 0 unspecified atom stereocenters. The molecule has 2 aromatic heterocycles. The number of fused-ring (bicyclic) bond motifs is 1.